The van der Waals surface area contributed by atoms with Gasteiger partial charge in [-0.15, -0.1) is 0 Å². The molecule has 0 spiro atoms. The largest absolute Gasteiger partial charge is 0.375 e. The van der Waals surface area contributed by atoms with Crippen LogP contribution >= 0.6 is 0 Å². The molecule has 4 heteroatoms. The van der Waals surface area contributed by atoms with Crippen molar-refractivity contribution in [2.24, 2.45) is 0 Å². The van der Waals surface area contributed by atoms with E-state index in [1.807, 2.05) is 13.8 Å². The molecule has 0 aromatic heterocycles. The van der Waals surface area contributed by atoms with Crippen LogP contribution in [0.4, 0.5) is 0 Å². The molecule has 0 aliphatic carbocycles. The van der Waals surface area contributed by atoms with E-state index in [1.165, 1.54) is 0 Å². The Morgan fingerprint density at radius 2 is 2.21 bits per heavy atom. The third-order valence-corrected chi connectivity index (χ3v) is 2.60. The molecule has 0 aromatic carbocycles. The third-order valence-electron chi connectivity index (χ3n) is 2.60. The van der Waals surface area contributed by atoms with Gasteiger partial charge in [-0.1, -0.05) is 0 Å². The summed E-state index contributed by atoms with van der Waals surface area (Å²) in [6.07, 6.45) is 1.40. The molecule has 14 heavy (non-hydrogen) atoms. The second-order valence-electron chi connectivity index (χ2n) is 4.38. The summed E-state index contributed by atoms with van der Waals surface area (Å²) in [6.45, 7) is 7.29. The molecular weight excluding hydrogens is 182 g/mol. The van der Waals surface area contributed by atoms with Crippen LogP contribution in [0.2, 0.25) is 0 Å². The summed E-state index contributed by atoms with van der Waals surface area (Å²) in [5.74, 6) is -0.410. The summed E-state index contributed by atoms with van der Waals surface area (Å²) in [5, 5.41) is 3.31. The van der Waals surface area contributed by atoms with Crippen molar-refractivity contribution in [3.63, 3.8) is 0 Å². The fourth-order valence-corrected chi connectivity index (χ4v) is 1.94. The molecule has 2 heterocycles. The van der Waals surface area contributed by atoms with Crippen molar-refractivity contribution in [1.82, 2.24) is 5.32 Å². The fourth-order valence-electron chi connectivity index (χ4n) is 1.94. The van der Waals surface area contributed by atoms with E-state index >= 15 is 0 Å². The van der Waals surface area contributed by atoms with Gasteiger partial charge in [0.2, 0.25) is 0 Å². The van der Waals surface area contributed by atoms with Crippen molar-refractivity contribution >= 4 is 0 Å². The van der Waals surface area contributed by atoms with Gasteiger partial charge in [0, 0.05) is 19.5 Å². The van der Waals surface area contributed by atoms with Crippen LogP contribution in [-0.2, 0) is 14.2 Å². The maximum absolute atomic E-state index is 5.72. The number of nitrogens with one attached hydrogen (secondary N) is 1. The average molecular weight is 201 g/mol. The van der Waals surface area contributed by atoms with E-state index in [0.717, 1.165) is 26.1 Å². The van der Waals surface area contributed by atoms with Gasteiger partial charge in [0.25, 0.3) is 0 Å². The Hall–Kier alpha value is -0.160. The zero-order valence-corrected chi connectivity index (χ0v) is 8.91. The number of rotatable bonds is 2. The zero-order valence-electron chi connectivity index (χ0n) is 8.91. The lowest BCUT2D eigenvalue weighted by atomic mass is 10.1. The highest BCUT2D eigenvalue weighted by Gasteiger charge is 2.34. The van der Waals surface area contributed by atoms with Crippen molar-refractivity contribution in [3.05, 3.63) is 0 Å². The molecule has 1 N–H and O–H groups in total. The van der Waals surface area contributed by atoms with Gasteiger partial charge in [-0.25, -0.2) is 0 Å². The van der Waals surface area contributed by atoms with Gasteiger partial charge in [-0.05, 0) is 13.8 Å². The van der Waals surface area contributed by atoms with E-state index in [1.54, 1.807) is 0 Å². The molecule has 2 aliphatic heterocycles. The van der Waals surface area contributed by atoms with Crippen LogP contribution < -0.4 is 5.32 Å². The molecule has 0 bridgehead atoms. The molecule has 2 saturated heterocycles. The van der Waals surface area contributed by atoms with Crippen LogP contribution in [0, 0.1) is 0 Å². The highest BCUT2D eigenvalue weighted by atomic mass is 16.7. The predicted molar refractivity (Wildman–Crippen MR) is 52.1 cm³/mol. The Kier molecular flexibility index (Phi) is 3.07. The van der Waals surface area contributed by atoms with Gasteiger partial charge in [0.05, 0.1) is 25.4 Å². The lowest BCUT2D eigenvalue weighted by Crippen LogP contribution is -2.40. The highest BCUT2D eigenvalue weighted by molar-refractivity contribution is 4.77. The predicted octanol–water partition coefficient (Wildman–Crippen LogP) is 0.516. The van der Waals surface area contributed by atoms with Gasteiger partial charge in [0.1, 0.15) is 0 Å². The standard InChI is InChI=1S/C10H19NO3/c1-10(2)13-7-9(14-10)5-8-6-11-3-4-12-8/h8-9,11H,3-7H2,1-2H3. The molecule has 2 unspecified atom stereocenters. The second kappa shape index (κ2) is 4.14. The van der Waals surface area contributed by atoms with Crippen LogP contribution in [0.15, 0.2) is 0 Å². The van der Waals surface area contributed by atoms with Crippen molar-refractivity contribution < 1.29 is 14.2 Å². The molecule has 2 fully saturated rings. The molecular formula is C10H19NO3. The summed E-state index contributed by atoms with van der Waals surface area (Å²) in [5.41, 5.74) is 0. The zero-order chi connectivity index (χ0) is 10.0. The molecule has 0 aromatic rings. The number of morpholine rings is 1. The number of ether oxygens (including phenoxy) is 3. The monoisotopic (exact) mass is 201 g/mol. The summed E-state index contributed by atoms with van der Waals surface area (Å²) in [4.78, 5) is 0. The summed E-state index contributed by atoms with van der Waals surface area (Å²) in [6, 6.07) is 0. The topological polar surface area (TPSA) is 39.7 Å². The fraction of sp³-hybridized carbons (Fsp3) is 1.00. The van der Waals surface area contributed by atoms with E-state index in [-0.39, 0.29) is 12.2 Å². The Labute approximate surface area is 84.9 Å². The van der Waals surface area contributed by atoms with Gasteiger partial charge in [-0.2, -0.15) is 0 Å². The summed E-state index contributed by atoms with van der Waals surface area (Å²) < 4.78 is 16.8. The van der Waals surface area contributed by atoms with E-state index in [2.05, 4.69) is 5.32 Å². The van der Waals surface area contributed by atoms with Gasteiger partial charge >= 0.3 is 0 Å². The molecule has 4 nitrogen and oxygen atoms in total. The van der Waals surface area contributed by atoms with Crippen molar-refractivity contribution in [3.8, 4) is 0 Å². The minimum absolute atomic E-state index is 0.190. The smallest absolute Gasteiger partial charge is 0.163 e. The maximum Gasteiger partial charge on any atom is 0.163 e. The minimum atomic E-state index is -0.410. The molecule has 2 rings (SSSR count). The average Bonchev–Trinajstić information content (AvgIpc) is 2.47. The normalized spacial score (nSPS) is 37.3. The van der Waals surface area contributed by atoms with E-state index in [4.69, 9.17) is 14.2 Å². The second-order valence-corrected chi connectivity index (χ2v) is 4.38. The van der Waals surface area contributed by atoms with Crippen molar-refractivity contribution in [2.45, 2.75) is 38.3 Å². The first-order valence-corrected chi connectivity index (χ1v) is 5.30. The molecule has 2 atom stereocenters. The van der Waals surface area contributed by atoms with Crippen LogP contribution in [-0.4, -0.2) is 44.3 Å². The van der Waals surface area contributed by atoms with Crippen LogP contribution in [0.1, 0.15) is 20.3 Å². The molecule has 0 saturated carbocycles. The van der Waals surface area contributed by atoms with Gasteiger partial charge < -0.3 is 19.5 Å². The third kappa shape index (κ3) is 2.67. The van der Waals surface area contributed by atoms with Gasteiger partial charge in [-0.3, -0.25) is 0 Å². The first kappa shape index (κ1) is 10.4. The minimum Gasteiger partial charge on any atom is -0.375 e. The van der Waals surface area contributed by atoms with E-state index in [9.17, 15) is 0 Å². The Morgan fingerprint density at radius 1 is 1.36 bits per heavy atom. The first-order valence-electron chi connectivity index (χ1n) is 5.30. The van der Waals surface area contributed by atoms with E-state index in [0.29, 0.717) is 6.61 Å². The molecule has 2 aliphatic rings. The van der Waals surface area contributed by atoms with Crippen LogP contribution in [0.25, 0.3) is 0 Å². The number of hydrogen-bond acceptors (Lipinski definition) is 4. The molecule has 0 radical (unpaired) electrons. The first-order chi connectivity index (χ1) is 6.66. The Balaban J connectivity index is 1.75. The Bertz CT molecular complexity index is 190. The molecule has 0 amide bonds. The van der Waals surface area contributed by atoms with Crippen LogP contribution in [0.3, 0.4) is 0 Å². The quantitative estimate of drug-likeness (QED) is 0.707. The highest BCUT2D eigenvalue weighted by Crippen LogP contribution is 2.25. The van der Waals surface area contributed by atoms with Gasteiger partial charge in [0.15, 0.2) is 5.79 Å². The Morgan fingerprint density at radius 3 is 2.79 bits per heavy atom. The lowest BCUT2D eigenvalue weighted by molar-refractivity contribution is -0.143. The summed E-state index contributed by atoms with van der Waals surface area (Å²) in [7, 11) is 0. The van der Waals surface area contributed by atoms with Crippen molar-refractivity contribution in [2.75, 3.05) is 26.3 Å². The van der Waals surface area contributed by atoms with Crippen LogP contribution in [0.5, 0.6) is 0 Å². The maximum atomic E-state index is 5.72. The number of hydrogen-bond donors (Lipinski definition) is 1. The summed E-state index contributed by atoms with van der Waals surface area (Å²) >= 11 is 0. The van der Waals surface area contributed by atoms with E-state index < -0.39 is 5.79 Å². The lowest BCUT2D eigenvalue weighted by Gasteiger charge is -2.25. The molecule has 82 valence electrons. The van der Waals surface area contributed by atoms with Crippen molar-refractivity contribution in [1.29, 1.82) is 0 Å². The SMILES string of the molecule is CC1(C)OCC(CC2CNCCO2)O1.